The normalized spacial score (nSPS) is 11.7. The lowest BCUT2D eigenvalue weighted by molar-refractivity contribution is -0.141. The molecule has 0 aliphatic rings. The zero-order chi connectivity index (χ0) is 15.9. The SMILES string of the molecule is C=C/C=C(\C=C)NC(=O)NCc1ccnc(C(F)(F)F)c1. The summed E-state index contributed by atoms with van der Waals surface area (Å²) in [7, 11) is 0. The van der Waals surface area contributed by atoms with E-state index < -0.39 is 17.9 Å². The van der Waals surface area contributed by atoms with Gasteiger partial charge in [0.15, 0.2) is 0 Å². The molecular formula is C14H14F3N3O. The van der Waals surface area contributed by atoms with Crippen molar-refractivity contribution in [2.24, 2.45) is 0 Å². The average Bonchev–Trinajstić information content (AvgIpc) is 2.44. The highest BCUT2D eigenvalue weighted by Gasteiger charge is 2.32. The molecule has 0 saturated carbocycles. The van der Waals surface area contributed by atoms with Crippen LogP contribution in [0.15, 0.2) is 55.4 Å². The third-order valence-corrected chi connectivity index (χ3v) is 2.34. The van der Waals surface area contributed by atoms with Gasteiger partial charge in [-0.15, -0.1) is 0 Å². The van der Waals surface area contributed by atoms with Gasteiger partial charge in [0.25, 0.3) is 0 Å². The van der Waals surface area contributed by atoms with E-state index in [-0.39, 0.29) is 6.54 Å². The van der Waals surface area contributed by atoms with E-state index in [0.717, 1.165) is 12.3 Å². The second-order valence-electron chi connectivity index (χ2n) is 3.92. The zero-order valence-corrected chi connectivity index (χ0v) is 11.1. The molecule has 2 amide bonds. The molecule has 0 spiro atoms. The van der Waals surface area contributed by atoms with Gasteiger partial charge in [-0.2, -0.15) is 13.2 Å². The average molecular weight is 297 g/mol. The number of pyridine rings is 1. The van der Waals surface area contributed by atoms with Crippen LogP contribution < -0.4 is 10.6 Å². The van der Waals surface area contributed by atoms with E-state index >= 15 is 0 Å². The Balaban J connectivity index is 2.63. The molecule has 0 bridgehead atoms. The van der Waals surface area contributed by atoms with Crippen molar-refractivity contribution in [2.75, 3.05) is 0 Å². The van der Waals surface area contributed by atoms with Crippen molar-refractivity contribution in [3.05, 3.63) is 66.7 Å². The number of rotatable bonds is 5. The fourth-order valence-electron chi connectivity index (χ4n) is 1.38. The van der Waals surface area contributed by atoms with Crippen molar-refractivity contribution in [1.82, 2.24) is 15.6 Å². The summed E-state index contributed by atoms with van der Waals surface area (Å²) in [5.41, 5.74) is -0.283. The second-order valence-corrected chi connectivity index (χ2v) is 3.92. The molecule has 1 aromatic heterocycles. The molecule has 0 radical (unpaired) electrons. The van der Waals surface area contributed by atoms with Gasteiger partial charge in [-0.3, -0.25) is 4.98 Å². The summed E-state index contributed by atoms with van der Waals surface area (Å²) in [6, 6.07) is 1.71. The molecule has 21 heavy (non-hydrogen) atoms. The summed E-state index contributed by atoms with van der Waals surface area (Å²) in [5.74, 6) is 0. The summed E-state index contributed by atoms with van der Waals surface area (Å²) in [5, 5.41) is 4.90. The molecule has 0 unspecified atom stereocenters. The van der Waals surface area contributed by atoms with Crippen LogP contribution in [-0.4, -0.2) is 11.0 Å². The van der Waals surface area contributed by atoms with E-state index in [0.29, 0.717) is 11.3 Å². The predicted molar refractivity (Wildman–Crippen MR) is 73.1 cm³/mol. The second kappa shape index (κ2) is 7.28. The summed E-state index contributed by atoms with van der Waals surface area (Å²) in [6.45, 7) is 6.91. The lowest BCUT2D eigenvalue weighted by atomic mass is 10.2. The lowest BCUT2D eigenvalue weighted by Gasteiger charge is -2.10. The molecule has 1 rings (SSSR count). The number of hydrogen-bond donors (Lipinski definition) is 2. The Morgan fingerprint density at radius 3 is 2.67 bits per heavy atom. The maximum atomic E-state index is 12.5. The van der Waals surface area contributed by atoms with Gasteiger partial charge >= 0.3 is 12.2 Å². The molecule has 7 heteroatoms. The number of halogens is 3. The monoisotopic (exact) mass is 297 g/mol. The quantitative estimate of drug-likeness (QED) is 0.820. The van der Waals surface area contributed by atoms with E-state index in [4.69, 9.17) is 0 Å². The Bertz CT molecular complexity index is 565. The summed E-state index contributed by atoms with van der Waals surface area (Å²) >= 11 is 0. The highest BCUT2D eigenvalue weighted by molar-refractivity contribution is 5.76. The molecule has 1 heterocycles. The third kappa shape index (κ3) is 5.52. The Morgan fingerprint density at radius 2 is 2.10 bits per heavy atom. The van der Waals surface area contributed by atoms with Gasteiger partial charge in [0.05, 0.1) is 0 Å². The number of urea groups is 1. The van der Waals surface area contributed by atoms with Gasteiger partial charge in [-0.05, 0) is 29.8 Å². The Kier molecular flexibility index (Phi) is 5.71. The van der Waals surface area contributed by atoms with Gasteiger partial charge in [-0.25, -0.2) is 4.79 Å². The number of amides is 2. The zero-order valence-electron chi connectivity index (χ0n) is 11.1. The number of hydrogen-bond acceptors (Lipinski definition) is 2. The van der Waals surface area contributed by atoms with Crippen LogP contribution in [0.2, 0.25) is 0 Å². The first-order valence-corrected chi connectivity index (χ1v) is 5.89. The van der Waals surface area contributed by atoms with Gasteiger partial charge in [0, 0.05) is 18.4 Å². The first kappa shape index (κ1) is 16.5. The fraction of sp³-hybridized carbons (Fsp3) is 0.143. The van der Waals surface area contributed by atoms with Crippen LogP contribution in [0.5, 0.6) is 0 Å². The van der Waals surface area contributed by atoms with Crippen LogP contribution in [0.4, 0.5) is 18.0 Å². The van der Waals surface area contributed by atoms with Gasteiger partial charge in [0.2, 0.25) is 0 Å². The fourth-order valence-corrected chi connectivity index (χ4v) is 1.38. The van der Waals surface area contributed by atoms with Gasteiger partial charge in [-0.1, -0.05) is 19.2 Å². The van der Waals surface area contributed by atoms with Crippen molar-refractivity contribution < 1.29 is 18.0 Å². The molecule has 2 N–H and O–H groups in total. The standard InChI is InChI=1S/C14H14F3N3O/c1-3-5-11(4-2)20-13(21)19-9-10-6-7-18-12(8-10)14(15,16)17/h3-8H,1-2,9H2,(H2,19,20,21)/b11-5+. The minimum Gasteiger partial charge on any atom is -0.334 e. The molecule has 0 aliphatic carbocycles. The van der Waals surface area contributed by atoms with Crippen LogP contribution in [-0.2, 0) is 12.7 Å². The van der Waals surface area contributed by atoms with Crippen molar-refractivity contribution >= 4 is 6.03 Å². The number of carbonyl (C=O) groups is 1. The van der Waals surface area contributed by atoms with E-state index in [1.807, 2.05) is 0 Å². The molecule has 1 aromatic rings. The number of alkyl halides is 3. The van der Waals surface area contributed by atoms with Crippen LogP contribution in [0.25, 0.3) is 0 Å². The minimum absolute atomic E-state index is 0.0596. The van der Waals surface area contributed by atoms with Crippen molar-refractivity contribution in [3.8, 4) is 0 Å². The minimum atomic E-state index is -4.51. The van der Waals surface area contributed by atoms with Crippen LogP contribution in [0.1, 0.15) is 11.3 Å². The van der Waals surface area contributed by atoms with E-state index in [1.165, 1.54) is 24.3 Å². The van der Waals surface area contributed by atoms with Gasteiger partial charge < -0.3 is 10.6 Å². The number of nitrogens with one attached hydrogen (secondary N) is 2. The van der Waals surface area contributed by atoms with E-state index in [9.17, 15) is 18.0 Å². The smallest absolute Gasteiger partial charge is 0.334 e. The third-order valence-electron chi connectivity index (χ3n) is 2.34. The molecule has 4 nitrogen and oxygen atoms in total. The largest absolute Gasteiger partial charge is 0.433 e. The number of allylic oxidation sites excluding steroid dienone is 3. The number of nitrogens with zero attached hydrogens (tertiary/aromatic N) is 1. The molecule has 0 atom stereocenters. The van der Waals surface area contributed by atoms with Gasteiger partial charge in [0.1, 0.15) is 5.69 Å². The van der Waals surface area contributed by atoms with Crippen LogP contribution >= 0.6 is 0 Å². The maximum Gasteiger partial charge on any atom is 0.433 e. The van der Waals surface area contributed by atoms with Crippen molar-refractivity contribution in [1.29, 1.82) is 0 Å². The highest BCUT2D eigenvalue weighted by Crippen LogP contribution is 2.27. The molecule has 0 fully saturated rings. The first-order valence-electron chi connectivity index (χ1n) is 5.89. The molecular weight excluding hydrogens is 283 g/mol. The first-order chi connectivity index (χ1) is 9.86. The van der Waals surface area contributed by atoms with E-state index in [1.54, 1.807) is 0 Å². The molecule has 0 aliphatic heterocycles. The van der Waals surface area contributed by atoms with E-state index in [2.05, 4.69) is 28.8 Å². The Hall–Kier alpha value is -2.57. The maximum absolute atomic E-state index is 12.5. The number of carbonyl (C=O) groups excluding carboxylic acids is 1. The van der Waals surface area contributed by atoms with Crippen LogP contribution in [0, 0.1) is 0 Å². The highest BCUT2D eigenvalue weighted by atomic mass is 19.4. The summed E-state index contributed by atoms with van der Waals surface area (Å²) in [4.78, 5) is 14.8. The van der Waals surface area contributed by atoms with Crippen LogP contribution in [0.3, 0.4) is 0 Å². The lowest BCUT2D eigenvalue weighted by Crippen LogP contribution is -2.34. The summed E-state index contributed by atoms with van der Waals surface area (Å²) < 4.78 is 37.4. The Morgan fingerprint density at radius 1 is 1.38 bits per heavy atom. The molecule has 0 saturated heterocycles. The van der Waals surface area contributed by atoms with Crippen molar-refractivity contribution in [3.63, 3.8) is 0 Å². The number of aromatic nitrogens is 1. The molecule has 0 aromatic carbocycles. The molecule has 112 valence electrons. The van der Waals surface area contributed by atoms with Crippen molar-refractivity contribution in [2.45, 2.75) is 12.7 Å². The topological polar surface area (TPSA) is 54.0 Å². The predicted octanol–water partition coefficient (Wildman–Crippen LogP) is 3.16. The Labute approximate surface area is 120 Å². The summed E-state index contributed by atoms with van der Waals surface area (Å²) in [6.07, 6.45) is 0.942.